The SMILES string of the molecule is CN(C(=O)OC[C@@H]1CCCO1)[C@@]1(C(=O)C2CCN(C(=O)C3(C)CC3)CC2)CNC[C@@H]1c1ccc(Cl)c(Cl)c1. The number of amides is 2. The van der Waals surface area contributed by atoms with Gasteiger partial charge in [-0.1, -0.05) is 36.2 Å². The Bertz CT molecular complexity index is 1080. The summed E-state index contributed by atoms with van der Waals surface area (Å²) in [5.74, 6) is -0.413. The van der Waals surface area contributed by atoms with Gasteiger partial charge in [0, 0.05) is 57.1 Å². The van der Waals surface area contributed by atoms with Crippen molar-refractivity contribution in [2.24, 2.45) is 11.3 Å². The number of carbonyl (C=O) groups is 3. The highest BCUT2D eigenvalue weighted by Crippen LogP contribution is 2.47. The number of hydrogen-bond acceptors (Lipinski definition) is 6. The molecule has 0 unspecified atom stereocenters. The van der Waals surface area contributed by atoms with Gasteiger partial charge in [-0.3, -0.25) is 14.5 Å². The van der Waals surface area contributed by atoms with Crippen molar-refractivity contribution >= 4 is 41.0 Å². The molecule has 3 atom stereocenters. The largest absolute Gasteiger partial charge is 0.447 e. The molecule has 0 spiro atoms. The van der Waals surface area contributed by atoms with E-state index < -0.39 is 11.6 Å². The number of likely N-dealkylation sites (N-methyl/N-ethyl adjacent to an activating group) is 1. The molecular formula is C28H37Cl2N3O5. The van der Waals surface area contributed by atoms with Crippen LogP contribution in [0.4, 0.5) is 4.79 Å². The zero-order valence-electron chi connectivity index (χ0n) is 22.1. The maximum atomic E-state index is 14.5. The van der Waals surface area contributed by atoms with E-state index in [0.29, 0.717) is 55.7 Å². The zero-order valence-corrected chi connectivity index (χ0v) is 23.7. The molecule has 3 heterocycles. The lowest BCUT2D eigenvalue weighted by Crippen LogP contribution is -2.62. The average Bonchev–Trinajstić information content (AvgIpc) is 3.30. The lowest BCUT2D eigenvalue weighted by molar-refractivity contribution is -0.142. The van der Waals surface area contributed by atoms with Crippen LogP contribution in [0.3, 0.4) is 0 Å². The number of Topliss-reactive ketones (excluding diaryl/α,β-unsaturated/α-hetero) is 1. The second-order valence-corrected chi connectivity index (χ2v) is 12.4. The Morgan fingerprint density at radius 2 is 1.89 bits per heavy atom. The molecule has 38 heavy (non-hydrogen) atoms. The van der Waals surface area contributed by atoms with Crippen LogP contribution in [0.25, 0.3) is 0 Å². The van der Waals surface area contributed by atoms with Gasteiger partial charge in [0.25, 0.3) is 0 Å². The van der Waals surface area contributed by atoms with E-state index in [1.54, 1.807) is 19.2 Å². The first-order valence-corrected chi connectivity index (χ1v) is 14.4. The molecule has 3 saturated heterocycles. The Balaban J connectivity index is 1.39. The van der Waals surface area contributed by atoms with E-state index in [9.17, 15) is 14.4 Å². The molecule has 1 saturated carbocycles. The summed E-state index contributed by atoms with van der Waals surface area (Å²) in [5, 5.41) is 4.21. The van der Waals surface area contributed by atoms with E-state index in [-0.39, 0.29) is 41.7 Å². The topological polar surface area (TPSA) is 88.2 Å². The van der Waals surface area contributed by atoms with Crippen molar-refractivity contribution in [1.82, 2.24) is 15.1 Å². The molecule has 0 aromatic heterocycles. The lowest BCUT2D eigenvalue weighted by Gasteiger charge is -2.44. The first kappa shape index (κ1) is 27.7. The number of ketones is 1. The van der Waals surface area contributed by atoms with Crippen LogP contribution >= 0.6 is 23.2 Å². The minimum Gasteiger partial charge on any atom is -0.447 e. The quantitative estimate of drug-likeness (QED) is 0.531. The predicted molar refractivity (Wildman–Crippen MR) is 145 cm³/mol. The van der Waals surface area contributed by atoms with Crippen molar-refractivity contribution in [3.63, 3.8) is 0 Å². The fourth-order valence-corrected chi connectivity index (χ4v) is 6.59. The summed E-state index contributed by atoms with van der Waals surface area (Å²) >= 11 is 12.6. The Kier molecular flexibility index (Phi) is 7.98. The summed E-state index contributed by atoms with van der Waals surface area (Å²) in [5.41, 5.74) is -0.547. The number of benzene rings is 1. The van der Waals surface area contributed by atoms with E-state index >= 15 is 0 Å². The number of nitrogens with one attached hydrogen (secondary N) is 1. The summed E-state index contributed by atoms with van der Waals surface area (Å²) in [6.07, 6.45) is 4.17. The van der Waals surface area contributed by atoms with Crippen LogP contribution in [0.5, 0.6) is 0 Å². The van der Waals surface area contributed by atoms with Crippen molar-refractivity contribution in [3.8, 4) is 0 Å². The molecule has 208 valence electrons. The first-order valence-electron chi connectivity index (χ1n) is 13.7. The summed E-state index contributed by atoms with van der Waals surface area (Å²) in [6.45, 7) is 4.77. The van der Waals surface area contributed by atoms with Gasteiger partial charge in [0.1, 0.15) is 12.1 Å². The maximum absolute atomic E-state index is 14.5. The Morgan fingerprint density at radius 1 is 1.16 bits per heavy atom. The molecule has 4 aliphatic rings. The highest BCUT2D eigenvalue weighted by molar-refractivity contribution is 6.42. The van der Waals surface area contributed by atoms with Gasteiger partial charge in [-0.25, -0.2) is 4.79 Å². The van der Waals surface area contributed by atoms with E-state index in [2.05, 4.69) is 5.32 Å². The van der Waals surface area contributed by atoms with Crippen molar-refractivity contribution < 1.29 is 23.9 Å². The molecule has 10 heteroatoms. The Labute approximate surface area is 234 Å². The molecule has 2 amide bonds. The van der Waals surface area contributed by atoms with Crippen LogP contribution in [0.1, 0.15) is 56.9 Å². The third-order valence-corrected chi connectivity index (χ3v) is 9.79. The average molecular weight is 567 g/mol. The molecule has 1 aliphatic carbocycles. The molecule has 0 bridgehead atoms. The second kappa shape index (κ2) is 11.0. The van der Waals surface area contributed by atoms with E-state index in [0.717, 1.165) is 31.2 Å². The third-order valence-electron chi connectivity index (χ3n) is 9.05. The smallest absolute Gasteiger partial charge is 0.410 e. The Hall–Kier alpha value is -1.87. The van der Waals surface area contributed by atoms with Gasteiger partial charge in [-0.05, 0) is 56.2 Å². The van der Waals surface area contributed by atoms with Crippen LogP contribution in [0.15, 0.2) is 18.2 Å². The van der Waals surface area contributed by atoms with Gasteiger partial charge < -0.3 is 19.7 Å². The lowest BCUT2D eigenvalue weighted by atomic mass is 9.72. The summed E-state index contributed by atoms with van der Waals surface area (Å²) < 4.78 is 11.3. The number of carbonyl (C=O) groups excluding carboxylic acids is 3. The maximum Gasteiger partial charge on any atom is 0.410 e. The molecule has 1 N–H and O–H groups in total. The highest BCUT2D eigenvalue weighted by Gasteiger charge is 2.57. The van der Waals surface area contributed by atoms with Gasteiger partial charge in [0.05, 0.1) is 16.1 Å². The number of rotatable bonds is 7. The standard InChI is InChI=1S/C28H37Cl2N3O5/c1-27(9-10-27)25(35)33-11-7-18(8-12-33)24(34)28(32(2)26(36)38-16-20-4-3-13-37-20)17-31-15-21(28)19-5-6-22(29)23(30)14-19/h5-6,14,18,20-21,31H,3-4,7-13,15-17H2,1-2H3/t20-,21+,28-/m0/s1. The number of ether oxygens (including phenoxy) is 2. The van der Waals surface area contributed by atoms with E-state index in [4.69, 9.17) is 32.7 Å². The van der Waals surface area contributed by atoms with Crippen molar-refractivity contribution in [3.05, 3.63) is 33.8 Å². The van der Waals surface area contributed by atoms with Crippen LogP contribution in [0, 0.1) is 11.3 Å². The number of piperidine rings is 1. The fourth-order valence-electron chi connectivity index (χ4n) is 6.28. The number of nitrogens with zero attached hydrogens (tertiary/aromatic N) is 2. The predicted octanol–water partition coefficient (Wildman–Crippen LogP) is 4.27. The van der Waals surface area contributed by atoms with Gasteiger partial charge in [-0.2, -0.15) is 0 Å². The minimum absolute atomic E-state index is 0.000119. The van der Waals surface area contributed by atoms with Crippen LogP contribution in [-0.4, -0.2) is 85.7 Å². The van der Waals surface area contributed by atoms with Gasteiger partial charge in [0.2, 0.25) is 5.91 Å². The van der Waals surface area contributed by atoms with Crippen LogP contribution < -0.4 is 5.32 Å². The molecule has 0 radical (unpaired) electrons. The van der Waals surface area contributed by atoms with Crippen molar-refractivity contribution in [1.29, 1.82) is 0 Å². The molecule has 5 rings (SSSR count). The Morgan fingerprint density at radius 3 is 2.53 bits per heavy atom. The summed E-state index contributed by atoms with van der Waals surface area (Å²) in [7, 11) is 1.65. The van der Waals surface area contributed by atoms with Gasteiger partial charge in [-0.15, -0.1) is 0 Å². The first-order chi connectivity index (χ1) is 18.2. The third kappa shape index (κ3) is 5.17. The van der Waals surface area contributed by atoms with Crippen LogP contribution in [-0.2, 0) is 19.1 Å². The molecule has 8 nitrogen and oxygen atoms in total. The van der Waals surface area contributed by atoms with Gasteiger partial charge >= 0.3 is 6.09 Å². The number of hydrogen-bond donors (Lipinski definition) is 1. The van der Waals surface area contributed by atoms with E-state index in [1.807, 2.05) is 17.9 Å². The van der Waals surface area contributed by atoms with Crippen molar-refractivity contribution in [2.75, 3.05) is 46.4 Å². The van der Waals surface area contributed by atoms with Crippen LogP contribution in [0.2, 0.25) is 10.0 Å². The van der Waals surface area contributed by atoms with E-state index in [1.165, 1.54) is 4.90 Å². The molecule has 1 aromatic rings. The molecular weight excluding hydrogens is 529 g/mol. The van der Waals surface area contributed by atoms with Crippen molar-refractivity contribution in [2.45, 2.75) is 63.0 Å². The highest BCUT2D eigenvalue weighted by atomic mass is 35.5. The number of likely N-dealkylation sites (tertiary alicyclic amines) is 1. The monoisotopic (exact) mass is 565 g/mol. The molecule has 4 fully saturated rings. The number of halogens is 2. The second-order valence-electron chi connectivity index (χ2n) is 11.5. The molecule has 3 aliphatic heterocycles. The fraction of sp³-hybridized carbons (Fsp3) is 0.679. The zero-order chi connectivity index (χ0) is 27.1. The minimum atomic E-state index is -1.16. The summed E-state index contributed by atoms with van der Waals surface area (Å²) in [6, 6.07) is 5.38. The normalized spacial score (nSPS) is 28.8. The van der Waals surface area contributed by atoms with Gasteiger partial charge in [0.15, 0.2) is 5.78 Å². The summed E-state index contributed by atoms with van der Waals surface area (Å²) in [4.78, 5) is 44.2. The molecule has 1 aromatic carbocycles.